The summed E-state index contributed by atoms with van der Waals surface area (Å²) >= 11 is 1.39. The van der Waals surface area contributed by atoms with Crippen LogP contribution in [0.25, 0.3) is 0 Å². The molecular weight excluding hydrogens is 300 g/mol. The summed E-state index contributed by atoms with van der Waals surface area (Å²) in [5, 5.41) is 15.4. The molecule has 6 nitrogen and oxygen atoms in total. The topological polar surface area (TPSA) is 76.1 Å². The summed E-state index contributed by atoms with van der Waals surface area (Å²) in [6, 6.07) is 8.31. The first-order valence-electron chi connectivity index (χ1n) is 7.22. The lowest BCUT2D eigenvalue weighted by molar-refractivity contribution is -0.128. The molecule has 2 heterocycles. The molecule has 1 atom stereocenters. The third kappa shape index (κ3) is 3.88. The predicted molar refractivity (Wildman–Crippen MR) is 85.1 cm³/mol. The Kier molecular flexibility index (Phi) is 4.77. The third-order valence-corrected chi connectivity index (χ3v) is 4.23. The van der Waals surface area contributed by atoms with Crippen molar-refractivity contribution in [3.05, 3.63) is 40.4 Å². The van der Waals surface area contributed by atoms with E-state index in [4.69, 9.17) is 4.74 Å². The molecule has 3 rings (SSSR count). The summed E-state index contributed by atoms with van der Waals surface area (Å²) in [4.78, 5) is 12.0. The van der Waals surface area contributed by atoms with E-state index in [9.17, 15) is 4.79 Å². The number of rotatable bonds is 4. The van der Waals surface area contributed by atoms with Gasteiger partial charge in [0, 0.05) is 19.5 Å². The first-order valence-corrected chi connectivity index (χ1v) is 8.03. The number of morpholine rings is 1. The minimum Gasteiger partial charge on any atom is -0.366 e. The predicted octanol–water partition coefficient (Wildman–Crippen LogP) is 1.36. The van der Waals surface area contributed by atoms with Gasteiger partial charge in [-0.3, -0.25) is 10.1 Å². The van der Waals surface area contributed by atoms with Crippen LogP contribution in [-0.4, -0.2) is 41.9 Å². The first kappa shape index (κ1) is 15.1. The third-order valence-electron chi connectivity index (χ3n) is 3.39. The number of hydrogen-bond acceptors (Lipinski definition) is 6. The van der Waals surface area contributed by atoms with E-state index in [0.717, 1.165) is 18.0 Å². The molecule has 1 saturated heterocycles. The number of carbonyl (C=O) groups excluding carboxylic acids is 1. The Morgan fingerprint density at radius 1 is 1.41 bits per heavy atom. The van der Waals surface area contributed by atoms with Crippen molar-refractivity contribution in [1.29, 1.82) is 0 Å². The van der Waals surface area contributed by atoms with Gasteiger partial charge in [0.1, 0.15) is 11.1 Å². The van der Waals surface area contributed by atoms with Gasteiger partial charge >= 0.3 is 0 Å². The van der Waals surface area contributed by atoms with Gasteiger partial charge in [-0.1, -0.05) is 41.2 Å². The molecule has 1 amide bonds. The van der Waals surface area contributed by atoms with Crippen LogP contribution < -0.4 is 10.6 Å². The van der Waals surface area contributed by atoms with Gasteiger partial charge in [0.05, 0.1) is 6.61 Å². The van der Waals surface area contributed by atoms with Gasteiger partial charge in [0.15, 0.2) is 0 Å². The van der Waals surface area contributed by atoms with Gasteiger partial charge in [-0.05, 0) is 12.5 Å². The van der Waals surface area contributed by atoms with E-state index in [0.29, 0.717) is 18.3 Å². The number of nitrogens with one attached hydrogen (secondary N) is 2. The van der Waals surface area contributed by atoms with Crippen LogP contribution >= 0.6 is 11.3 Å². The average Bonchev–Trinajstić information content (AvgIpc) is 2.97. The molecule has 0 spiro atoms. The fraction of sp³-hybridized carbons (Fsp3) is 0.400. The van der Waals surface area contributed by atoms with Crippen LogP contribution in [0.4, 0.5) is 5.13 Å². The van der Waals surface area contributed by atoms with Crippen LogP contribution in [0.3, 0.4) is 0 Å². The molecule has 1 fully saturated rings. The molecule has 1 aliphatic heterocycles. The Labute approximate surface area is 132 Å². The van der Waals surface area contributed by atoms with Crippen LogP contribution in [0.2, 0.25) is 0 Å². The minimum absolute atomic E-state index is 0.176. The standard InChI is InChI=1S/C15H18N4O2S/c1-10-2-4-11(5-3-10)8-13-18-19-15(22-13)17-14(20)12-9-16-6-7-21-12/h2-5,12,16H,6-9H2,1H3,(H,17,19,20). The Morgan fingerprint density at radius 3 is 2.95 bits per heavy atom. The summed E-state index contributed by atoms with van der Waals surface area (Å²) in [6.45, 7) is 3.92. The Balaban J connectivity index is 1.58. The van der Waals surface area contributed by atoms with Crippen molar-refractivity contribution in [2.24, 2.45) is 0 Å². The highest BCUT2D eigenvalue weighted by Gasteiger charge is 2.22. The number of aryl methyl sites for hydroxylation is 1. The summed E-state index contributed by atoms with van der Waals surface area (Å²) < 4.78 is 5.41. The van der Waals surface area contributed by atoms with Gasteiger partial charge in [-0.2, -0.15) is 0 Å². The van der Waals surface area contributed by atoms with Gasteiger partial charge in [0.25, 0.3) is 5.91 Å². The summed E-state index contributed by atoms with van der Waals surface area (Å²) in [5.41, 5.74) is 2.41. The molecule has 0 saturated carbocycles. The molecule has 116 valence electrons. The van der Waals surface area contributed by atoms with E-state index in [1.54, 1.807) is 0 Å². The zero-order chi connectivity index (χ0) is 15.4. The smallest absolute Gasteiger partial charge is 0.256 e. The monoisotopic (exact) mass is 318 g/mol. The quantitative estimate of drug-likeness (QED) is 0.890. The van der Waals surface area contributed by atoms with E-state index in [1.165, 1.54) is 22.5 Å². The van der Waals surface area contributed by atoms with E-state index in [1.807, 2.05) is 0 Å². The number of carbonyl (C=O) groups is 1. The maximum absolute atomic E-state index is 12.0. The van der Waals surface area contributed by atoms with Crippen molar-refractivity contribution in [2.75, 3.05) is 25.0 Å². The molecule has 1 aromatic heterocycles. The Morgan fingerprint density at radius 2 is 2.23 bits per heavy atom. The lowest BCUT2D eigenvalue weighted by Crippen LogP contribution is -2.45. The van der Waals surface area contributed by atoms with Crippen LogP contribution in [0.15, 0.2) is 24.3 Å². The van der Waals surface area contributed by atoms with Crippen molar-refractivity contribution in [3.8, 4) is 0 Å². The van der Waals surface area contributed by atoms with Crippen molar-refractivity contribution in [3.63, 3.8) is 0 Å². The molecule has 1 unspecified atom stereocenters. The maximum atomic E-state index is 12.0. The fourth-order valence-corrected chi connectivity index (χ4v) is 2.95. The molecule has 1 aromatic carbocycles. The van der Waals surface area contributed by atoms with Crippen LogP contribution in [0, 0.1) is 6.92 Å². The highest BCUT2D eigenvalue weighted by molar-refractivity contribution is 7.15. The maximum Gasteiger partial charge on any atom is 0.256 e. The second-order valence-corrected chi connectivity index (χ2v) is 6.28. The zero-order valence-electron chi connectivity index (χ0n) is 12.3. The summed E-state index contributed by atoms with van der Waals surface area (Å²) in [5.74, 6) is -0.176. The number of anilines is 1. The molecule has 0 aliphatic carbocycles. The van der Waals surface area contributed by atoms with Crippen LogP contribution in [-0.2, 0) is 16.0 Å². The highest BCUT2D eigenvalue weighted by Crippen LogP contribution is 2.19. The largest absolute Gasteiger partial charge is 0.366 e. The number of amides is 1. The SMILES string of the molecule is Cc1ccc(Cc2nnc(NC(=O)C3CNCCO3)s2)cc1. The fourth-order valence-electron chi connectivity index (χ4n) is 2.18. The second kappa shape index (κ2) is 6.95. The summed E-state index contributed by atoms with van der Waals surface area (Å²) in [6.07, 6.45) is 0.258. The molecule has 0 radical (unpaired) electrons. The summed E-state index contributed by atoms with van der Waals surface area (Å²) in [7, 11) is 0. The molecule has 1 aliphatic rings. The molecule has 2 aromatic rings. The lowest BCUT2D eigenvalue weighted by atomic mass is 10.1. The number of aromatic nitrogens is 2. The van der Waals surface area contributed by atoms with Gasteiger partial charge < -0.3 is 10.1 Å². The van der Waals surface area contributed by atoms with Crippen molar-refractivity contribution >= 4 is 22.4 Å². The number of hydrogen-bond donors (Lipinski definition) is 2. The van der Waals surface area contributed by atoms with E-state index < -0.39 is 6.10 Å². The van der Waals surface area contributed by atoms with E-state index in [-0.39, 0.29) is 5.91 Å². The lowest BCUT2D eigenvalue weighted by Gasteiger charge is -2.21. The first-order chi connectivity index (χ1) is 10.7. The molecule has 2 N–H and O–H groups in total. The second-order valence-electron chi connectivity index (χ2n) is 5.22. The molecule has 7 heteroatoms. The van der Waals surface area contributed by atoms with Crippen molar-refractivity contribution in [2.45, 2.75) is 19.4 Å². The normalized spacial score (nSPS) is 18.1. The average molecular weight is 318 g/mol. The number of nitrogens with zero attached hydrogens (tertiary/aromatic N) is 2. The van der Waals surface area contributed by atoms with Crippen LogP contribution in [0.1, 0.15) is 16.1 Å². The number of benzene rings is 1. The van der Waals surface area contributed by atoms with Gasteiger partial charge in [0.2, 0.25) is 5.13 Å². The van der Waals surface area contributed by atoms with Crippen molar-refractivity contribution < 1.29 is 9.53 Å². The molecular formula is C15H18N4O2S. The zero-order valence-corrected chi connectivity index (χ0v) is 13.2. The highest BCUT2D eigenvalue weighted by atomic mass is 32.1. The van der Waals surface area contributed by atoms with E-state index in [2.05, 4.69) is 52.0 Å². The van der Waals surface area contributed by atoms with Gasteiger partial charge in [-0.15, -0.1) is 10.2 Å². The minimum atomic E-state index is -0.460. The van der Waals surface area contributed by atoms with E-state index >= 15 is 0 Å². The Hall–Kier alpha value is -1.83. The van der Waals surface area contributed by atoms with Crippen molar-refractivity contribution in [1.82, 2.24) is 15.5 Å². The Bertz CT molecular complexity index is 635. The van der Waals surface area contributed by atoms with Crippen LogP contribution in [0.5, 0.6) is 0 Å². The molecule has 22 heavy (non-hydrogen) atoms. The molecule has 0 bridgehead atoms. The van der Waals surface area contributed by atoms with Gasteiger partial charge in [-0.25, -0.2) is 0 Å². The number of ether oxygens (including phenoxy) is 1.